The first-order valence-electron chi connectivity index (χ1n) is 6.90. The Morgan fingerprint density at radius 3 is 2.58 bits per heavy atom. The summed E-state index contributed by atoms with van der Waals surface area (Å²) in [6.07, 6.45) is 3.95. The lowest BCUT2D eigenvalue weighted by molar-refractivity contribution is 0.0845. The van der Waals surface area contributed by atoms with Gasteiger partial charge in [-0.2, -0.15) is 16.9 Å². The molecule has 2 N–H and O–H groups in total. The van der Waals surface area contributed by atoms with Crippen molar-refractivity contribution in [2.75, 3.05) is 18.6 Å². The molecule has 1 rings (SSSR count). The number of nitrogens with one attached hydrogen (secondary N) is 1. The van der Waals surface area contributed by atoms with E-state index >= 15 is 0 Å². The molecule has 1 aromatic rings. The summed E-state index contributed by atoms with van der Waals surface area (Å²) in [7, 11) is 2.01. The molecular weight excluding hydrogens is 258 g/mol. The number of aromatic nitrogens is 2. The van der Waals surface area contributed by atoms with Gasteiger partial charge >= 0.3 is 0 Å². The number of hydrogen-bond donors (Lipinski definition) is 2. The molecule has 0 saturated carbocycles. The molecule has 0 fully saturated rings. The highest BCUT2D eigenvalue weighted by molar-refractivity contribution is 7.98. The molecule has 0 aromatic carbocycles. The number of rotatable bonds is 8. The highest BCUT2D eigenvalue weighted by atomic mass is 32.2. The van der Waals surface area contributed by atoms with Crippen LogP contribution in [-0.2, 0) is 26.4 Å². The van der Waals surface area contributed by atoms with Crippen LogP contribution >= 0.6 is 11.8 Å². The van der Waals surface area contributed by atoms with Gasteiger partial charge in [-0.1, -0.05) is 13.8 Å². The summed E-state index contributed by atoms with van der Waals surface area (Å²) in [5.41, 5.74) is 3.10. The fourth-order valence-electron chi connectivity index (χ4n) is 2.41. The normalized spacial score (nSPS) is 14.6. The quantitative estimate of drug-likeness (QED) is 0.764. The van der Waals surface area contributed by atoms with Crippen molar-refractivity contribution in [2.24, 2.45) is 7.05 Å². The third-order valence-corrected chi connectivity index (χ3v) is 4.20. The maximum Gasteiger partial charge on any atom is 0.0833 e. The van der Waals surface area contributed by atoms with Gasteiger partial charge in [0.2, 0.25) is 0 Å². The molecule has 1 unspecified atom stereocenters. The van der Waals surface area contributed by atoms with Gasteiger partial charge in [0.15, 0.2) is 0 Å². The molecule has 0 aliphatic carbocycles. The Balaban J connectivity index is 2.67. The number of nitrogens with zero attached hydrogens (tertiary/aromatic N) is 2. The second-order valence-electron chi connectivity index (χ2n) is 5.24. The predicted molar refractivity (Wildman–Crippen MR) is 82.7 cm³/mol. The maximum atomic E-state index is 10.1. The van der Waals surface area contributed by atoms with Crippen LogP contribution in [0.4, 0.5) is 0 Å². The van der Waals surface area contributed by atoms with E-state index in [9.17, 15) is 5.11 Å². The summed E-state index contributed by atoms with van der Waals surface area (Å²) < 4.78 is 1.98. The van der Waals surface area contributed by atoms with Gasteiger partial charge < -0.3 is 10.4 Å². The van der Waals surface area contributed by atoms with Crippen molar-refractivity contribution in [1.29, 1.82) is 0 Å². The Morgan fingerprint density at radius 1 is 1.37 bits per heavy atom. The van der Waals surface area contributed by atoms with Gasteiger partial charge in [0.25, 0.3) is 0 Å². The van der Waals surface area contributed by atoms with Gasteiger partial charge in [0.1, 0.15) is 0 Å². The fraction of sp³-hybridized carbons (Fsp3) is 0.786. The Kier molecular flexibility index (Phi) is 6.36. The monoisotopic (exact) mass is 285 g/mol. The van der Waals surface area contributed by atoms with Crippen LogP contribution in [0.25, 0.3) is 0 Å². The largest absolute Gasteiger partial charge is 0.388 e. The molecule has 0 spiro atoms. The van der Waals surface area contributed by atoms with Crippen molar-refractivity contribution in [3.05, 3.63) is 17.0 Å². The first kappa shape index (κ1) is 16.5. The lowest BCUT2D eigenvalue weighted by Gasteiger charge is -2.22. The maximum absolute atomic E-state index is 10.1. The number of hydrogen-bond acceptors (Lipinski definition) is 4. The molecule has 19 heavy (non-hydrogen) atoms. The minimum Gasteiger partial charge on any atom is -0.388 e. The Bertz CT molecular complexity index is 402. The average Bonchev–Trinajstić information content (AvgIpc) is 2.64. The molecule has 5 heteroatoms. The van der Waals surface area contributed by atoms with E-state index in [0.29, 0.717) is 6.54 Å². The van der Waals surface area contributed by atoms with Crippen LogP contribution in [0, 0.1) is 0 Å². The zero-order chi connectivity index (χ0) is 14.5. The van der Waals surface area contributed by atoms with Gasteiger partial charge in [-0.3, -0.25) is 4.68 Å². The summed E-state index contributed by atoms with van der Waals surface area (Å²) in [6.45, 7) is 7.56. The second kappa shape index (κ2) is 7.31. The molecule has 0 aliphatic heterocycles. The van der Waals surface area contributed by atoms with Crippen molar-refractivity contribution in [3.8, 4) is 0 Å². The average molecular weight is 285 g/mol. The first-order valence-corrected chi connectivity index (χ1v) is 8.30. The lowest BCUT2D eigenvalue weighted by Crippen LogP contribution is -2.39. The van der Waals surface area contributed by atoms with Crippen molar-refractivity contribution < 1.29 is 5.11 Å². The predicted octanol–water partition coefficient (Wildman–Crippen LogP) is 1.75. The Labute approximate surface area is 121 Å². The molecular formula is C14H27N3OS. The van der Waals surface area contributed by atoms with E-state index in [1.54, 1.807) is 11.8 Å². The van der Waals surface area contributed by atoms with Crippen molar-refractivity contribution in [2.45, 2.75) is 45.8 Å². The molecule has 1 atom stereocenters. The van der Waals surface area contributed by atoms with E-state index in [0.717, 1.165) is 30.8 Å². The summed E-state index contributed by atoms with van der Waals surface area (Å²) in [5.74, 6) is 0.744. The summed E-state index contributed by atoms with van der Waals surface area (Å²) >= 11 is 1.67. The van der Waals surface area contributed by atoms with Gasteiger partial charge in [0.05, 0.1) is 11.3 Å². The van der Waals surface area contributed by atoms with Crippen LogP contribution in [0.3, 0.4) is 0 Å². The van der Waals surface area contributed by atoms with Crippen LogP contribution in [0.5, 0.6) is 0 Å². The summed E-state index contributed by atoms with van der Waals surface area (Å²) in [4.78, 5) is 0. The number of aliphatic hydroxyl groups is 1. The third kappa shape index (κ3) is 4.51. The highest BCUT2D eigenvalue weighted by Gasteiger charge is 2.20. The first-order chi connectivity index (χ1) is 8.95. The lowest BCUT2D eigenvalue weighted by atomic mass is 10.1. The van der Waals surface area contributed by atoms with E-state index in [2.05, 4.69) is 24.3 Å². The van der Waals surface area contributed by atoms with Crippen LogP contribution < -0.4 is 5.32 Å². The molecule has 0 bridgehead atoms. The SMILES string of the molecule is CCc1nn(C)c(CC)c1CNCC(C)(O)CSC. The van der Waals surface area contributed by atoms with E-state index in [-0.39, 0.29) is 0 Å². The zero-order valence-corrected chi connectivity index (χ0v) is 13.6. The summed E-state index contributed by atoms with van der Waals surface area (Å²) in [5, 5.41) is 18.1. The summed E-state index contributed by atoms with van der Waals surface area (Å²) in [6, 6.07) is 0. The standard InChI is InChI=1S/C14H27N3OS/c1-6-12-11(13(7-2)17(4)16-12)8-15-9-14(3,18)10-19-5/h15,18H,6-10H2,1-5H3. The fourth-order valence-corrected chi connectivity index (χ4v) is 3.14. The van der Waals surface area contributed by atoms with Crippen molar-refractivity contribution in [3.63, 3.8) is 0 Å². The van der Waals surface area contributed by atoms with Gasteiger partial charge in [-0.05, 0) is 26.0 Å². The highest BCUT2D eigenvalue weighted by Crippen LogP contribution is 2.16. The van der Waals surface area contributed by atoms with E-state index in [4.69, 9.17) is 0 Å². The zero-order valence-electron chi connectivity index (χ0n) is 12.8. The minimum atomic E-state index is -0.652. The van der Waals surface area contributed by atoms with Gasteiger partial charge in [0, 0.05) is 37.1 Å². The Hall–Kier alpha value is -0.520. The van der Waals surface area contributed by atoms with E-state index in [1.165, 1.54) is 11.3 Å². The van der Waals surface area contributed by atoms with Crippen molar-refractivity contribution in [1.82, 2.24) is 15.1 Å². The van der Waals surface area contributed by atoms with Gasteiger partial charge in [-0.15, -0.1) is 0 Å². The van der Waals surface area contributed by atoms with Crippen LogP contribution in [0.2, 0.25) is 0 Å². The number of aryl methyl sites for hydroxylation is 2. The topological polar surface area (TPSA) is 50.1 Å². The molecule has 0 aliphatic rings. The number of thioether (sulfide) groups is 1. The molecule has 0 amide bonds. The third-order valence-electron chi connectivity index (χ3n) is 3.29. The molecule has 4 nitrogen and oxygen atoms in total. The van der Waals surface area contributed by atoms with E-state index in [1.807, 2.05) is 24.9 Å². The van der Waals surface area contributed by atoms with Crippen LogP contribution in [-0.4, -0.2) is 39.0 Å². The second-order valence-corrected chi connectivity index (χ2v) is 6.10. The van der Waals surface area contributed by atoms with E-state index < -0.39 is 5.60 Å². The van der Waals surface area contributed by atoms with Crippen LogP contribution in [0.15, 0.2) is 0 Å². The molecule has 110 valence electrons. The van der Waals surface area contributed by atoms with Crippen molar-refractivity contribution >= 4 is 11.8 Å². The smallest absolute Gasteiger partial charge is 0.0833 e. The molecule has 0 radical (unpaired) electrons. The van der Waals surface area contributed by atoms with Gasteiger partial charge in [-0.25, -0.2) is 0 Å². The molecule has 0 saturated heterocycles. The molecule has 1 aromatic heterocycles. The minimum absolute atomic E-state index is 0.606. The Morgan fingerprint density at radius 2 is 2.05 bits per heavy atom. The van der Waals surface area contributed by atoms with Crippen LogP contribution in [0.1, 0.15) is 37.7 Å². The molecule has 1 heterocycles.